The standard InChI is InChI=1S/C21H23N5O3/c27-19(23-15-12-29-16-7-4-10-22-18(16)24-20(15)28)14-11-17(26-25-14)21(8-9-21)13-5-2-1-3-6-13/h1-7,10,14-15,17,25-26H,8-9,11-12H2,(H,23,27)(H,22,24,28)/t14?,15-,17?/m0/s1. The van der Waals surface area contributed by atoms with Gasteiger partial charge in [-0.15, -0.1) is 0 Å². The molecule has 3 aliphatic rings. The number of pyridine rings is 1. The number of nitrogens with one attached hydrogen (secondary N) is 4. The SMILES string of the molecule is O=C(N[C@H]1COc2cccnc2NC1=O)C1CC(C2(c3ccccc3)CC2)NN1. The van der Waals surface area contributed by atoms with Crippen molar-refractivity contribution in [2.24, 2.45) is 0 Å². The lowest BCUT2D eigenvalue weighted by atomic mass is 9.86. The Morgan fingerprint density at radius 2 is 1.97 bits per heavy atom. The molecule has 0 bridgehead atoms. The van der Waals surface area contributed by atoms with Gasteiger partial charge in [0, 0.05) is 17.7 Å². The van der Waals surface area contributed by atoms with Gasteiger partial charge >= 0.3 is 0 Å². The van der Waals surface area contributed by atoms with E-state index in [0.29, 0.717) is 18.0 Å². The van der Waals surface area contributed by atoms with Crippen molar-refractivity contribution in [2.45, 2.75) is 42.8 Å². The molecule has 1 aromatic carbocycles. The second-order valence-corrected chi connectivity index (χ2v) is 7.86. The summed E-state index contributed by atoms with van der Waals surface area (Å²) in [6, 6.07) is 12.9. The Balaban J connectivity index is 1.22. The van der Waals surface area contributed by atoms with Gasteiger partial charge in [-0.3, -0.25) is 15.0 Å². The van der Waals surface area contributed by atoms with Crippen LogP contribution in [0.1, 0.15) is 24.8 Å². The molecule has 2 unspecified atom stereocenters. The third-order valence-corrected chi connectivity index (χ3v) is 6.07. The van der Waals surface area contributed by atoms with Crippen molar-refractivity contribution < 1.29 is 14.3 Å². The number of hydrogen-bond acceptors (Lipinski definition) is 6. The monoisotopic (exact) mass is 393 g/mol. The van der Waals surface area contributed by atoms with E-state index in [-0.39, 0.29) is 29.9 Å². The molecule has 1 aromatic heterocycles. The summed E-state index contributed by atoms with van der Waals surface area (Å²) in [4.78, 5) is 29.4. The smallest absolute Gasteiger partial charge is 0.251 e. The van der Waals surface area contributed by atoms with E-state index < -0.39 is 12.1 Å². The lowest BCUT2D eigenvalue weighted by molar-refractivity contribution is -0.128. The van der Waals surface area contributed by atoms with Gasteiger partial charge in [0.05, 0.1) is 0 Å². The number of aromatic nitrogens is 1. The van der Waals surface area contributed by atoms with Gasteiger partial charge in [0.25, 0.3) is 5.91 Å². The average molecular weight is 393 g/mol. The van der Waals surface area contributed by atoms with Gasteiger partial charge < -0.3 is 15.4 Å². The van der Waals surface area contributed by atoms with Crippen molar-refractivity contribution in [2.75, 3.05) is 11.9 Å². The minimum atomic E-state index is -0.776. The Labute approximate surface area is 168 Å². The first-order valence-electron chi connectivity index (χ1n) is 9.91. The number of hydrogen-bond donors (Lipinski definition) is 4. The fourth-order valence-corrected chi connectivity index (χ4v) is 4.27. The zero-order valence-electron chi connectivity index (χ0n) is 15.9. The molecule has 2 fully saturated rings. The van der Waals surface area contributed by atoms with E-state index in [9.17, 15) is 9.59 Å². The molecule has 8 nitrogen and oxygen atoms in total. The van der Waals surface area contributed by atoms with Gasteiger partial charge in [0.1, 0.15) is 18.7 Å². The molecular formula is C21H23N5O3. The molecule has 29 heavy (non-hydrogen) atoms. The molecule has 1 saturated carbocycles. The summed E-state index contributed by atoms with van der Waals surface area (Å²) in [6.07, 6.45) is 4.46. The summed E-state index contributed by atoms with van der Waals surface area (Å²) in [6.45, 7) is 0.0633. The van der Waals surface area contributed by atoms with E-state index in [1.807, 2.05) is 6.07 Å². The Hall–Kier alpha value is -2.97. The molecule has 4 N–H and O–H groups in total. The van der Waals surface area contributed by atoms with E-state index in [1.54, 1.807) is 18.3 Å². The number of carbonyl (C=O) groups excluding carboxylic acids is 2. The molecule has 0 spiro atoms. The van der Waals surface area contributed by atoms with E-state index >= 15 is 0 Å². The molecule has 0 radical (unpaired) electrons. The van der Waals surface area contributed by atoms with Gasteiger partial charge in [0.2, 0.25) is 5.91 Å². The van der Waals surface area contributed by atoms with Crippen molar-refractivity contribution in [1.82, 2.24) is 21.2 Å². The largest absolute Gasteiger partial charge is 0.487 e. The quantitative estimate of drug-likeness (QED) is 0.614. The van der Waals surface area contributed by atoms with E-state index in [0.717, 1.165) is 12.8 Å². The molecule has 2 amide bonds. The van der Waals surface area contributed by atoms with Crippen molar-refractivity contribution in [3.05, 3.63) is 54.2 Å². The number of rotatable bonds is 4. The molecule has 3 atom stereocenters. The van der Waals surface area contributed by atoms with Gasteiger partial charge in [-0.2, -0.15) is 0 Å². The molecule has 8 heteroatoms. The van der Waals surface area contributed by atoms with Crippen molar-refractivity contribution >= 4 is 17.6 Å². The Bertz CT molecular complexity index is 931. The molecule has 1 aliphatic carbocycles. The predicted octanol–water partition coefficient (Wildman–Crippen LogP) is 0.864. The summed E-state index contributed by atoms with van der Waals surface area (Å²) < 4.78 is 5.64. The Morgan fingerprint density at radius 3 is 2.76 bits per heavy atom. The Morgan fingerprint density at radius 1 is 1.14 bits per heavy atom. The van der Waals surface area contributed by atoms with Crippen molar-refractivity contribution in [3.8, 4) is 5.75 Å². The summed E-state index contributed by atoms with van der Waals surface area (Å²) in [5, 5.41) is 5.52. The summed E-state index contributed by atoms with van der Waals surface area (Å²) in [5.41, 5.74) is 7.81. The van der Waals surface area contributed by atoms with Crippen LogP contribution in [0.15, 0.2) is 48.7 Å². The van der Waals surface area contributed by atoms with Crippen molar-refractivity contribution in [3.63, 3.8) is 0 Å². The highest BCUT2D eigenvalue weighted by Crippen LogP contribution is 2.52. The third-order valence-electron chi connectivity index (χ3n) is 6.07. The van der Waals surface area contributed by atoms with E-state index in [1.165, 1.54) is 5.56 Å². The maximum Gasteiger partial charge on any atom is 0.251 e. The highest BCUT2D eigenvalue weighted by molar-refractivity contribution is 5.98. The maximum atomic E-state index is 12.8. The second-order valence-electron chi connectivity index (χ2n) is 7.86. The zero-order chi connectivity index (χ0) is 19.8. The average Bonchev–Trinajstić information content (AvgIpc) is 3.44. The number of fused-ring (bicyclic) bond motifs is 1. The van der Waals surface area contributed by atoms with Crippen LogP contribution in [0.25, 0.3) is 0 Å². The van der Waals surface area contributed by atoms with E-state index in [4.69, 9.17) is 4.74 Å². The normalized spacial score (nSPS) is 27.2. The molecule has 2 aliphatic heterocycles. The van der Waals surface area contributed by atoms with Crippen LogP contribution < -0.4 is 26.2 Å². The lowest BCUT2D eigenvalue weighted by Gasteiger charge is -2.23. The predicted molar refractivity (Wildman–Crippen MR) is 106 cm³/mol. The first-order valence-corrected chi connectivity index (χ1v) is 9.91. The number of amides is 2. The van der Waals surface area contributed by atoms with Gasteiger partial charge in [-0.05, 0) is 37.0 Å². The lowest BCUT2D eigenvalue weighted by Crippen LogP contribution is -2.52. The minimum absolute atomic E-state index is 0.0633. The number of carbonyl (C=O) groups is 2. The third kappa shape index (κ3) is 3.34. The topological polar surface area (TPSA) is 104 Å². The van der Waals surface area contributed by atoms with Crippen molar-refractivity contribution in [1.29, 1.82) is 0 Å². The van der Waals surface area contributed by atoms with E-state index in [2.05, 4.69) is 50.7 Å². The molecule has 150 valence electrons. The fraction of sp³-hybridized carbons (Fsp3) is 0.381. The summed E-state index contributed by atoms with van der Waals surface area (Å²) in [7, 11) is 0. The van der Waals surface area contributed by atoms with Gasteiger partial charge in [-0.25, -0.2) is 10.4 Å². The summed E-state index contributed by atoms with van der Waals surface area (Å²) in [5.74, 6) is 0.318. The molecule has 3 heterocycles. The van der Waals surface area contributed by atoms with Crippen LogP contribution in [0.3, 0.4) is 0 Å². The van der Waals surface area contributed by atoms with Crippen LogP contribution in [0.5, 0.6) is 5.75 Å². The number of nitrogens with zero attached hydrogens (tertiary/aromatic N) is 1. The van der Waals surface area contributed by atoms with Gasteiger partial charge in [0.15, 0.2) is 11.6 Å². The Kier molecular flexibility index (Phi) is 4.44. The van der Waals surface area contributed by atoms with Crippen LogP contribution in [0.4, 0.5) is 5.82 Å². The second kappa shape index (κ2) is 7.13. The zero-order valence-corrected chi connectivity index (χ0v) is 15.9. The summed E-state index contributed by atoms with van der Waals surface area (Å²) >= 11 is 0. The van der Waals surface area contributed by atoms with Crippen LogP contribution in [-0.4, -0.2) is 41.5 Å². The van der Waals surface area contributed by atoms with Crippen LogP contribution >= 0.6 is 0 Å². The van der Waals surface area contributed by atoms with Crippen LogP contribution in [0.2, 0.25) is 0 Å². The number of benzene rings is 1. The minimum Gasteiger partial charge on any atom is -0.487 e. The first kappa shape index (κ1) is 18.1. The molecule has 5 rings (SSSR count). The molecule has 2 aromatic rings. The molecule has 1 saturated heterocycles. The van der Waals surface area contributed by atoms with Crippen LogP contribution in [0, 0.1) is 0 Å². The highest BCUT2D eigenvalue weighted by Gasteiger charge is 2.53. The van der Waals surface area contributed by atoms with Gasteiger partial charge in [-0.1, -0.05) is 30.3 Å². The number of hydrazine groups is 1. The first-order chi connectivity index (χ1) is 14.2. The fourth-order valence-electron chi connectivity index (χ4n) is 4.27. The van der Waals surface area contributed by atoms with Crippen LogP contribution in [-0.2, 0) is 15.0 Å². The number of anilines is 1. The highest BCUT2D eigenvalue weighted by atomic mass is 16.5. The maximum absolute atomic E-state index is 12.8. The number of ether oxygens (including phenoxy) is 1. The molecular weight excluding hydrogens is 370 g/mol.